The second kappa shape index (κ2) is 5.20. The number of nitriles is 1. The highest BCUT2D eigenvalue weighted by molar-refractivity contribution is 7.98. The molecule has 0 bridgehead atoms. The summed E-state index contributed by atoms with van der Waals surface area (Å²) in [4.78, 5) is 3.24. The van der Waals surface area contributed by atoms with Crippen molar-refractivity contribution in [3.8, 4) is 17.2 Å². The maximum Gasteiger partial charge on any atom is 0.122 e. The molecule has 0 radical (unpaired) electrons. The topological polar surface area (TPSA) is 39.6 Å². The van der Waals surface area contributed by atoms with Gasteiger partial charge in [0.1, 0.15) is 10.7 Å². The predicted molar refractivity (Wildman–Crippen MR) is 81.6 cm³/mol. The predicted octanol–water partition coefficient (Wildman–Crippen LogP) is 4.07. The van der Waals surface area contributed by atoms with Crippen molar-refractivity contribution < 1.29 is 0 Å². The van der Waals surface area contributed by atoms with Crippen molar-refractivity contribution in [2.45, 2.75) is 12.2 Å². The van der Waals surface area contributed by atoms with Crippen LogP contribution in [-0.4, -0.2) is 10.7 Å². The fraction of sp³-hybridized carbons (Fsp3) is 0.200. The Kier molecular flexibility index (Phi) is 3.41. The van der Waals surface area contributed by atoms with Gasteiger partial charge in [-0.2, -0.15) is 17.0 Å². The number of aromatic amines is 1. The summed E-state index contributed by atoms with van der Waals surface area (Å²) in [5, 5.41) is 9.42. The lowest BCUT2D eigenvalue weighted by Crippen LogP contribution is -2.09. The lowest BCUT2D eigenvalue weighted by molar-refractivity contribution is 0.983. The second-order valence-corrected chi connectivity index (χ2v) is 5.96. The number of nitrogens with one attached hydrogen (secondary N) is 1. The maximum absolute atomic E-state index is 9.42. The Bertz CT molecular complexity index is 711. The van der Waals surface area contributed by atoms with Crippen molar-refractivity contribution in [3.05, 3.63) is 51.8 Å². The van der Waals surface area contributed by atoms with E-state index in [0.717, 1.165) is 29.1 Å². The molecule has 0 saturated carbocycles. The molecule has 0 unspecified atom stereocenters. The minimum absolute atomic E-state index is 0.562. The van der Waals surface area contributed by atoms with Gasteiger partial charge in [-0.3, -0.25) is 0 Å². The van der Waals surface area contributed by atoms with E-state index in [1.165, 1.54) is 11.3 Å². The lowest BCUT2D eigenvalue weighted by Gasteiger charge is -2.20. The highest BCUT2D eigenvalue weighted by Gasteiger charge is 2.19. The maximum atomic E-state index is 9.42. The molecule has 3 rings (SSSR count). The van der Waals surface area contributed by atoms with Gasteiger partial charge in [-0.1, -0.05) is 42.5 Å². The zero-order chi connectivity index (χ0) is 13.2. The molecule has 1 aliphatic rings. The highest BCUT2D eigenvalue weighted by Crippen LogP contribution is 2.35. The average molecular weight is 284 g/mol. The third-order valence-corrected chi connectivity index (χ3v) is 4.62. The molecule has 0 saturated heterocycles. The monoisotopic (exact) mass is 284 g/mol. The van der Waals surface area contributed by atoms with E-state index in [-0.39, 0.29) is 0 Å². The van der Waals surface area contributed by atoms with Crippen LogP contribution >= 0.6 is 24.0 Å². The lowest BCUT2D eigenvalue weighted by atomic mass is 9.95. The number of fused-ring (bicyclic) bond motifs is 1. The van der Waals surface area contributed by atoms with Crippen LogP contribution in [0, 0.1) is 16.0 Å². The molecule has 1 aromatic carbocycles. The molecule has 2 heterocycles. The van der Waals surface area contributed by atoms with E-state index in [9.17, 15) is 5.26 Å². The van der Waals surface area contributed by atoms with E-state index >= 15 is 0 Å². The van der Waals surface area contributed by atoms with E-state index in [0.29, 0.717) is 10.2 Å². The third-order valence-electron chi connectivity index (χ3n) is 3.32. The first kappa shape index (κ1) is 12.5. The van der Waals surface area contributed by atoms with Gasteiger partial charge in [-0.05, 0) is 23.3 Å². The Morgan fingerprint density at radius 1 is 1.26 bits per heavy atom. The van der Waals surface area contributed by atoms with Crippen LogP contribution < -0.4 is 0 Å². The molecule has 19 heavy (non-hydrogen) atoms. The number of H-pyrrole nitrogens is 1. The number of benzene rings is 1. The third kappa shape index (κ3) is 2.20. The average Bonchev–Trinajstić information content (AvgIpc) is 2.46. The smallest absolute Gasteiger partial charge is 0.122 e. The number of pyridine rings is 1. The SMILES string of the molecule is N#Cc1c(-c2ccccc2)c2c([nH]c1=S)CCSC2. The van der Waals surface area contributed by atoms with Gasteiger partial charge in [0.05, 0.1) is 5.56 Å². The molecule has 0 amide bonds. The largest absolute Gasteiger partial charge is 0.349 e. The normalized spacial score (nSPS) is 13.6. The zero-order valence-corrected chi connectivity index (χ0v) is 11.9. The van der Waals surface area contributed by atoms with Gasteiger partial charge in [0.2, 0.25) is 0 Å². The van der Waals surface area contributed by atoms with Crippen molar-refractivity contribution in [1.29, 1.82) is 5.26 Å². The Morgan fingerprint density at radius 2 is 2.05 bits per heavy atom. The Morgan fingerprint density at radius 3 is 2.79 bits per heavy atom. The van der Waals surface area contributed by atoms with Crippen LogP contribution in [0.1, 0.15) is 16.8 Å². The number of aryl methyl sites for hydroxylation is 1. The van der Waals surface area contributed by atoms with Gasteiger partial charge in [0, 0.05) is 17.0 Å². The van der Waals surface area contributed by atoms with Crippen LogP contribution in [0.15, 0.2) is 30.3 Å². The number of hydrogen-bond acceptors (Lipinski definition) is 3. The van der Waals surface area contributed by atoms with Gasteiger partial charge in [0.25, 0.3) is 0 Å². The van der Waals surface area contributed by atoms with Crippen molar-refractivity contribution in [1.82, 2.24) is 4.98 Å². The number of thioether (sulfide) groups is 1. The summed E-state index contributed by atoms with van der Waals surface area (Å²) in [5.74, 6) is 2.05. The standard InChI is InChI=1S/C15H12N2S2/c16-8-11-14(10-4-2-1-3-5-10)12-9-19-7-6-13(12)17-15(11)18/h1-5H,6-7,9H2,(H,17,18). The van der Waals surface area contributed by atoms with Crippen molar-refractivity contribution in [3.63, 3.8) is 0 Å². The molecule has 0 aliphatic carbocycles. The molecule has 0 atom stereocenters. The van der Waals surface area contributed by atoms with Crippen LogP contribution in [0.2, 0.25) is 0 Å². The first-order chi connectivity index (χ1) is 9.31. The summed E-state index contributed by atoms with van der Waals surface area (Å²) >= 11 is 7.25. The van der Waals surface area contributed by atoms with Crippen LogP contribution in [0.4, 0.5) is 0 Å². The molecule has 1 aliphatic heterocycles. The first-order valence-electron chi connectivity index (χ1n) is 6.12. The van der Waals surface area contributed by atoms with Gasteiger partial charge < -0.3 is 4.98 Å². The van der Waals surface area contributed by atoms with Crippen LogP contribution in [-0.2, 0) is 12.2 Å². The molecule has 2 aromatic rings. The summed E-state index contributed by atoms with van der Waals surface area (Å²) in [6, 6.07) is 12.3. The molecule has 0 fully saturated rings. The van der Waals surface area contributed by atoms with Gasteiger partial charge >= 0.3 is 0 Å². The number of nitrogens with zero attached hydrogens (tertiary/aromatic N) is 1. The van der Waals surface area contributed by atoms with E-state index in [2.05, 4.69) is 11.1 Å². The highest BCUT2D eigenvalue weighted by atomic mass is 32.2. The molecule has 1 aromatic heterocycles. The van der Waals surface area contributed by atoms with Gasteiger partial charge in [0.15, 0.2) is 0 Å². The van der Waals surface area contributed by atoms with Gasteiger partial charge in [-0.15, -0.1) is 0 Å². The number of aromatic nitrogens is 1. The molecule has 1 N–H and O–H groups in total. The summed E-state index contributed by atoms with van der Waals surface area (Å²) in [7, 11) is 0. The molecular weight excluding hydrogens is 272 g/mol. The first-order valence-corrected chi connectivity index (χ1v) is 7.69. The number of hydrogen-bond donors (Lipinski definition) is 1. The minimum Gasteiger partial charge on any atom is -0.349 e. The minimum atomic E-state index is 0.562. The fourth-order valence-corrected chi connectivity index (χ4v) is 3.73. The molecular formula is C15H12N2S2. The number of rotatable bonds is 1. The van der Waals surface area contributed by atoms with Gasteiger partial charge in [-0.25, -0.2) is 0 Å². The van der Waals surface area contributed by atoms with Crippen molar-refractivity contribution in [2.75, 3.05) is 5.75 Å². The fourth-order valence-electron chi connectivity index (χ4n) is 2.44. The summed E-state index contributed by atoms with van der Waals surface area (Å²) in [6.45, 7) is 0. The van der Waals surface area contributed by atoms with Crippen LogP contribution in [0.3, 0.4) is 0 Å². The second-order valence-electron chi connectivity index (χ2n) is 4.44. The van der Waals surface area contributed by atoms with Crippen LogP contribution in [0.25, 0.3) is 11.1 Å². The summed E-state index contributed by atoms with van der Waals surface area (Å²) in [6.07, 6.45) is 0.995. The zero-order valence-electron chi connectivity index (χ0n) is 10.3. The Hall–Kier alpha value is -1.57. The van der Waals surface area contributed by atoms with Crippen molar-refractivity contribution in [2.24, 2.45) is 0 Å². The Labute approximate surface area is 121 Å². The summed E-state index contributed by atoms with van der Waals surface area (Å²) in [5.41, 5.74) is 5.14. The Balaban J connectivity index is 2.36. The molecule has 4 heteroatoms. The van der Waals surface area contributed by atoms with E-state index in [4.69, 9.17) is 12.2 Å². The van der Waals surface area contributed by atoms with E-state index in [1.807, 2.05) is 42.1 Å². The quantitative estimate of drug-likeness (QED) is 0.802. The van der Waals surface area contributed by atoms with Crippen molar-refractivity contribution >= 4 is 24.0 Å². The summed E-state index contributed by atoms with van der Waals surface area (Å²) < 4.78 is 0.562. The molecule has 2 nitrogen and oxygen atoms in total. The molecule has 94 valence electrons. The van der Waals surface area contributed by atoms with Crippen LogP contribution in [0.5, 0.6) is 0 Å². The molecule has 0 spiro atoms. The van der Waals surface area contributed by atoms with E-state index in [1.54, 1.807) is 0 Å². The van der Waals surface area contributed by atoms with E-state index < -0.39 is 0 Å².